The highest BCUT2D eigenvalue weighted by molar-refractivity contribution is 8.00. The van der Waals surface area contributed by atoms with Crippen LogP contribution in [-0.2, 0) is 9.53 Å². The number of nitrogens with zero attached hydrogens (tertiary/aromatic N) is 2. The van der Waals surface area contributed by atoms with E-state index >= 15 is 0 Å². The molecule has 0 spiro atoms. The van der Waals surface area contributed by atoms with Crippen molar-refractivity contribution >= 4 is 40.7 Å². The molecule has 0 radical (unpaired) electrons. The lowest BCUT2D eigenvalue weighted by molar-refractivity contribution is -0.137. The first kappa shape index (κ1) is 21.4. The van der Waals surface area contributed by atoms with Crippen LogP contribution in [0.25, 0.3) is 10.8 Å². The normalized spacial score (nSPS) is 10.3. The van der Waals surface area contributed by atoms with Crippen LogP contribution in [-0.4, -0.2) is 69.0 Å². The van der Waals surface area contributed by atoms with Crippen LogP contribution < -0.4 is 9.47 Å². The number of carbonyl (C=O) groups excluding carboxylic acids is 3. The maximum Gasteiger partial charge on any atom is 0.414 e. The number of ether oxygens (including phenoxy) is 3. The second-order valence-corrected chi connectivity index (χ2v) is 7.25. The fourth-order valence-corrected chi connectivity index (χ4v) is 2.83. The van der Waals surface area contributed by atoms with Crippen LogP contribution in [0, 0.1) is 0 Å². The Kier molecular flexibility index (Phi) is 7.11. The summed E-state index contributed by atoms with van der Waals surface area (Å²) in [7, 11) is 7.55. The van der Waals surface area contributed by atoms with Crippen molar-refractivity contribution in [2.45, 2.75) is 4.90 Å². The van der Waals surface area contributed by atoms with Gasteiger partial charge in [-0.15, -0.1) is 11.8 Å². The fraction of sp³-hybridized carbons (Fsp3) is 0.316. The Morgan fingerprint density at radius 3 is 1.89 bits per heavy atom. The van der Waals surface area contributed by atoms with Gasteiger partial charge in [-0.2, -0.15) is 0 Å². The minimum absolute atomic E-state index is 0.122. The van der Waals surface area contributed by atoms with E-state index in [0.29, 0.717) is 0 Å². The summed E-state index contributed by atoms with van der Waals surface area (Å²) in [6.07, 6.45) is -1.19. The number of hydrogen-bond acceptors (Lipinski definition) is 7. The molecule has 0 saturated carbocycles. The van der Waals surface area contributed by atoms with E-state index in [0.717, 1.165) is 15.7 Å². The van der Waals surface area contributed by atoms with Gasteiger partial charge in [0, 0.05) is 33.1 Å². The van der Waals surface area contributed by atoms with E-state index in [1.807, 2.05) is 18.2 Å². The van der Waals surface area contributed by atoms with E-state index in [9.17, 15) is 14.4 Å². The van der Waals surface area contributed by atoms with Crippen LogP contribution >= 0.6 is 11.8 Å². The zero-order valence-electron chi connectivity index (χ0n) is 16.3. The summed E-state index contributed by atoms with van der Waals surface area (Å²) in [5, 5.41) is 1.55. The second-order valence-electron chi connectivity index (χ2n) is 6.20. The molecular formula is C19H22N2O6S. The average Bonchev–Trinajstić information content (AvgIpc) is 2.65. The lowest BCUT2D eigenvalue weighted by atomic mass is 10.1. The van der Waals surface area contributed by atoms with Gasteiger partial charge in [-0.3, -0.25) is 4.79 Å². The fourth-order valence-electron chi connectivity index (χ4n) is 2.06. The van der Waals surface area contributed by atoms with E-state index < -0.39 is 12.2 Å². The van der Waals surface area contributed by atoms with Crippen LogP contribution in [0.2, 0.25) is 0 Å². The molecule has 0 heterocycles. The molecule has 2 aromatic carbocycles. The summed E-state index contributed by atoms with van der Waals surface area (Å²) in [5.74, 6) is 0.118. The van der Waals surface area contributed by atoms with E-state index in [1.165, 1.54) is 28.7 Å². The molecule has 0 aromatic heterocycles. The van der Waals surface area contributed by atoms with Crippen molar-refractivity contribution in [1.82, 2.24) is 9.80 Å². The lowest BCUT2D eigenvalue weighted by Crippen LogP contribution is -2.27. The average molecular weight is 406 g/mol. The van der Waals surface area contributed by atoms with Crippen LogP contribution in [0.1, 0.15) is 0 Å². The van der Waals surface area contributed by atoms with Gasteiger partial charge < -0.3 is 24.0 Å². The van der Waals surface area contributed by atoms with Gasteiger partial charge in [-0.25, -0.2) is 9.59 Å². The van der Waals surface area contributed by atoms with E-state index in [1.54, 1.807) is 40.3 Å². The number of thioether (sulfide) groups is 1. The van der Waals surface area contributed by atoms with Crippen molar-refractivity contribution in [2.75, 3.05) is 41.1 Å². The third kappa shape index (κ3) is 5.53. The van der Waals surface area contributed by atoms with Gasteiger partial charge in [0.05, 0.1) is 12.9 Å². The number of amides is 2. The first-order chi connectivity index (χ1) is 13.2. The molecule has 0 saturated heterocycles. The van der Waals surface area contributed by atoms with Crippen LogP contribution in [0.5, 0.6) is 11.5 Å². The molecule has 0 aliphatic heterocycles. The highest BCUT2D eigenvalue weighted by Crippen LogP contribution is 2.35. The number of rotatable bonds is 5. The predicted molar refractivity (Wildman–Crippen MR) is 106 cm³/mol. The van der Waals surface area contributed by atoms with Crippen molar-refractivity contribution in [3.8, 4) is 11.5 Å². The van der Waals surface area contributed by atoms with Gasteiger partial charge in [-0.05, 0) is 35.0 Å². The van der Waals surface area contributed by atoms with Gasteiger partial charge in [-0.1, -0.05) is 6.07 Å². The van der Waals surface area contributed by atoms with Gasteiger partial charge in [0.1, 0.15) is 0 Å². The van der Waals surface area contributed by atoms with Crippen LogP contribution in [0.15, 0.2) is 35.2 Å². The molecule has 0 bridgehead atoms. The number of benzene rings is 2. The van der Waals surface area contributed by atoms with Crippen LogP contribution in [0.4, 0.5) is 9.59 Å². The van der Waals surface area contributed by atoms with Gasteiger partial charge in [0.2, 0.25) is 0 Å². The number of methoxy groups -OCH3 is 1. The van der Waals surface area contributed by atoms with Crippen molar-refractivity contribution in [3.63, 3.8) is 0 Å². The summed E-state index contributed by atoms with van der Waals surface area (Å²) in [6.45, 7) is 0. The summed E-state index contributed by atoms with van der Waals surface area (Å²) >= 11 is 1.33. The number of carbonyl (C=O) groups is 3. The minimum atomic E-state index is -0.599. The van der Waals surface area contributed by atoms with Crippen molar-refractivity contribution in [2.24, 2.45) is 0 Å². The largest absolute Gasteiger partial charge is 0.468 e. The SMILES string of the molecule is COC(=O)CSc1ccc2cc(OC(=O)N(C)C)c(OC(=O)N(C)C)cc2c1. The third-order valence-corrected chi connectivity index (χ3v) is 4.55. The smallest absolute Gasteiger partial charge is 0.414 e. The van der Waals surface area contributed by atoms with E-state index in [2.05, 4.69) is 4.74 Å². The summed E-state index contributed by atoms with van der Waals surface area (Å²) in [6, 6.07) is 8.78. The zero-order valence-corrected chi connectivity index (χ0v) is 17.2. The molecule has 0 aliphatic rings. The van der Waals surface area contributed by atoms with Crippen molar-refractivity contribution in [3.05, 3.63) is 30.3 Å². The highest BCUT2D eigenvalue weighted by atomic mass is 32.2. The molecule has 0 N–H and O–H groups in total. The van der Waals surface area contributed by atoms with Crippen LogP contribution in [0.3, 0.4) is 0 Å². The number of fused-ring (bicyclic) bond motifs is 1. The Balaban J connectivity index is 2.41. The molecule has 8 nitrogen and oxygen atoms in total. The second kappa shape index (κ2) is 9.32. The molecule has 28 heavy (non-hydrogen) atoms. The summed E-state index contributed by atoms with van der Waals surface area (Å²) in [4.78, 5) is 38.7. The van der Waals surface area contributed by atoms with E-state index in [4.69, 9.17) is 9.47 Å². The molecule has 0 fully saturated rings. The Morgan fingerprint density at radius 1 is 0.857 bits per heavy atom. The third-order valence-electron chi connectivity index (χ3n) is 3.58. The van der Waals surface area contributed by atoms with Gasteiger partial charge >= 0.3 is 18.2 Å². The first-order valence-electron chi connectivity index (χ1n) is 8.27. The lowest BCUT2D eigenvalue weighted by Gasteiger charge is -2.16. The minimum Gasteiger partial charge on any atom is -0.468 e. The molecule has 150 valence electrons. The highest BCUT2D eigenvalue weighted by Gasteiger charge is 2.17. The first-order valence-corrected chi connectivity index (χ1v) is 9.25. The Hall–Kier alpha value is -2.94. The maximum absolute atomic E-state index is 12.0. The molecule has 2 amide bonds. The molecular weight excluding hydrogens is 384 g/mol. The van der Waals surface area contributed by atoms with Crippen molar-refractivity contribution in [1.29, 1.82) is 0 Å². The Labute approximate surface area is 167 Å². The molecule has 9 heteroatoms. The maximum atomic E-state index is 12.0. The van der Waals surface area contributed by atoms with Gasteiger partial charge in [0.15, 0.2) is 11.5 Å². The predicted octanol–water partition coefficient (Wildman–Crippen LogP) is 3.23. The quantitative estimate of drug-likeness (QED) is 0.557. The molecule has 2 rings (SSSR count). The standard InChI is InChI=1S/C19H22N2O6S/c1-20(2)18(23)26-15-9-12-6-7-14(28-11-17(22)25-5)8-13(12)10-16(15)27-19(24)21(3)4/h6-10H,11H2,1-5H3. The molecule has 2 aromatic rings. The molecule has 0 unspecified atom stereocenters. The summed E-state index contributed by atoms with van der Waals surface area (Å²) < 4.78 is 15.3. The monoisotopic (exact) mass is 406 g/mol. The van der Waals surface area contributed by atoms with Crippen molar-refractivity contribution < 1.29 is 28.6 Å². The van der Waals surface area contributed by atoms with E-state index in [-0.39, 0.29) is 23.2 Å². The molecule has 0 atom stereocenters. The number of hydrogen-bond donors (Lipinski definition) is 0. The zero-order chi connectivity index (χ0) is 20.8. The Bertz CT molecular complexity index is 897. The topological polar surface area (TPSA) is 85.4 Å². The molecule has 0 aliphatic carbocycles. The van der Waals surface area contributed by atoms with Gasteiger partial charge in [0.25, 0.3) is 0 Å². The Morgan fingerprint density at radius 2 is 1.39 bits per heavy atom. The summed E-state index contributed by atoms with van der Waals surface area (Å²) in [5.41, 5.74) is 0. The number of esters is 1.